The van der Waals surface area contributed by atoms with Gasteiger partial charge < -0.3 is 25.7 Å². The number of methoxy groups -OCH3 is 3. The fourth-order valence-electron chi connectivity index (χ4n) is 2.89. The molecule has 0 atom stereocenters. The molecule has 1 amide bonds. The number of carbonyl (C=O) groups is 2. The van der Waals surface area contributed by atoms with Gasteiger partial charge in [-0.2, -0.15) is 4.99 Å². The largest absolute Gasteiger partial charge is 0.496 e. The number of nitrogens with zero attached hydrogens (tertiary/aromatic N) is 1. The third-order valence-corrected chi connectivity index (χ3v) is 6.58. The summed E-state index contributed by atoms with van der Waals surface area (Å²) in [6.07, 6.45) is 0. The van der Waals surface area contributed by atoms with E-state index in [4.69, 9.17) is 31.2 Å². The lowest BCUT2D eigenvalue weighted by Gasteiger charge is -2.10. The van der Waals surface area contributed by atoms with Crippen molar-refractivity contribution in [2.45, 2.75) is 23.6 Å². The number of ether oxygens (including phenoxy) is 3. The number of amides is 1. The van der Waals surface area contributed by atoms with E-state index in [1.807, 2.05) is 0 Å². The van der Waals surface area contributed by atoms with E-state index in [0.717, 1.165) is 12.1 Å². The van der Waals surface area contributed by atoms with Crippen LogP contribution in [0, 0.1) is 13.8 Å². The van der Waals surface area contributed by atoms with Gasteiger partial charge in [-0.3, -0.25) is 4.79 Å². The van der Waals surface area contributed by atoms with Gasteiger partial charge in [-0.15, -0.1) is 0 Å². The Morgan fingerprint density at radius 3 is 1.47 bits per heavy atom. The third kappa shape index (κ3) is 7.64. The van der Waals surface area contributed by atoms with Gasteiger partial charge in [-0.1, -0.05) is 0 Å². The van der Waals surface area contributed by atoms with Crippen molar-refractivity contribution in [1.29, 1.82) is 0 Å². The number of sulfonamides is 2. The van der Waals surface area contributed by atoms with Crippen molar-refractivity contribution in [2.75, 3.05) is 21.3 Å². The van der Waals surface area contributed by atoms with E-state index < -0.39 is 37.9 Å². The molecule has 0 unspecified atom stereocenters. The highest BCUT2D eigenvalue weighted by Crippen LogP contribution is 2.27. The molecule has 0 saturated carbocycles. The number of nitrogens with two attached hydrogens (primary N) is 4. The summed E-state index contributed by atoms with van der Waals surface area (Å²) in [4.78, 5) is 26.2. The Balaban J connectivity index is 0.000000362. The zero-order valence-corrected chi connectivity index (χ0v) is 21.7. The van der Waals surface area contributed by atoms with Crippen molar-refractivity contribution in [1.82, 2.24) is 0 Å². The first-order valence-electron chi connectivity index (χ1n) is 9.63. The minimum absolute atomic E-state index is 0.0182. The van der Waals surface area contributed by atoms with Gasteiger partial charge in [0, 0.05) is 0 Å². The van der Waals surface area contributed by atoms with Crippen molar-refractivity contribution < 1.29 is 40.6 Å². The molecule has 0 aliphatic heterocycles. The number of carbonyl (C=O) groups excluding carboxylic acids is 2. The molecule has 0 aliphatic rings. The molecule has 2 rings (SSSR count). The van der Waals surface area contributed by atoms with E-state index >= 15 is 0 Å². The van der Waals surface area contributed by atoms with Crippen LogP contribution < -0.4 is 31.2 Å². The number of aliphatic imine (C=N–C) groups is 1. The molecule has 16 heteroatoms. The van der Waals surface area contributed by atoms with Crippen molar-refractivity contribution in [3.05, 3.63) is 46.5 Å². The van der Waals surface area contributed by atoms with Crippen molar-refractivity contribution in [3.63, 3.8) is 0 Å². The SMILES string of the molecule is COC(=O)c1cc(S(N)(=O)=O)c(C)cc1OC.COc1cc(C)c(S(N)(=O)=O)cc1C(=O)N=C(N)N. The first-order valence-corrected chi connectivity index (χ1v) is 12.7. The van der Waals surface area contributed by atoms with Gasteiger partial charge in [0.1, 0.15) is 17.1 Å². The number of hydrogen-bond donors (Lipinski definition) is 4. The second kappa shape index (κ2) is 11.8. The molecule has 0 bridgehead atoms. The van der Waals surface area contributed by atoms with E-state index in [1.165, 1.54) is 40.4 Å². The highest BCUT2D eigenvalue weighted by atomic mass is 32.2. The fraction of sp³-hybridized carbons (Fsp3) is 0.250. The lowest BCUT2D eigenvalue weighted by Crippen LogP contribution is -2.24. The molecule has 2 aromatic rings. The lowest BCUT2D eigenvalue weighted by atomic mass is 10.1. The molecule has 0 aliphatic carbocycles. The zero-order chi connectivity index (χ0) is 28.0. The maximum Gasteiger partial charge on any atom is 0.341 e. The molecular weight excluding hydrogens is 518 g/mol. The van der Waals surface area contributed by atoms with Gasteiger partial charge in [0.25, 0.3) is 5.91 Å². The Kier molecular flexibility index (Phi) is 9.93. The van der Waals surface area contributed by atoms with Crippen LogP contribution in [0.3, 0.4) is 0 Å². The van der Waals surface area contributed by atoms with Crippen molar-refractivity contribution in [2.24, 2.45) is 26.7 Å². The second-order valence-electron chi connectivity index (χ2n) is 7.06. The fourth-order valence-corrected chi connectivity index (χ4v) is 4.47. The molecular formula is C20H27N5O9S2. The van der Waals surface area contributed by atoms with Crippen LogP contribution in [-0.4, -0.2) is 56.0 Å². The summed E-state index contributed by atoms with van der Waals surface area (Å²) in [5.74, 6) is -1.56. The summed E-state index contributed by atoms with van der Waals surface area (Å²) in [6, 6.07) is 5.02. The Morgan fingerprint density at radius 1 is 0.750 bits per heavy atom. The molecule has 0 aromatic heterocycles. The molecule has 14 nitrogen and oxygen atoms in total. The first kappa shape index (κ1) is 30.3. The molecule has 36 heavy (non-hydrogen) atoms. The van der Waals surface area contributed by atoms with Gasteiger partial charge in [0.05, 0.1) is 36.7 Å². The number of hydrogen-bond acceptors (Lipinski definition) is 9. The summed E-state index contributed by atoms with van der Waals surface area (Å²) in [6.45, 7) is 3.08. The second-order valence-corrected chi connectivity index (χ2v) is 10.1. The molecule has 8 N–H and O–H groups in total. The quantitative estimate of drug-likeness (QED) is 0.205. The van der Waals surface area contributed by atoms with Crippen LogP contribution in [0.15, 0.2) is 39.0 Å². The molecule has 0 spiro atoms. The summed E-state index contributed by atoms with van der Waals surface area (Å²) >= 11 is 0. The van der Waals surface area contributed by atoms with Gasteiger partial charge in [0.15, 0.2) is 5.96 Å². The molecule has 0 saturated heterocycles. The van der Waals surface area contributed by atoms with E-state index in [9.17, 15) is 26.4 Å². The average Bonchev–Trinajstić information content (AvgIpc) is 2.76. The van der Waals surface area contributed by atoms with E-state index in [0.29, 0.717) is 11.1 Å². The predicted octanol–water partition coefficient (Wildman–Crippen LogP) is -0.498. The normalized spacial score (nSPS) is 11.0. The monoisotopic (exact) mass is 545 g/mol. The number of aryl methyl sites for hydroxylation is 2. The Bertz CT molecular complexity index is 1420. The van der Waals surface area contributed by atoms with Crippen molar-refractivity contribution in [3.8, 4) is 11.5 Å². The average molecular weight is 546 g/mol. The summed E-state index contributed by atoms with van der Waals surface area (Å²) in [5, 5.41) is 10.1. The van der Waals surface area contributed by atoms with E-state index in [2.05, 4.69) is 9.73 Å². The van der Waals surface area contributed by atoms with Crippen LogP contribution in [0.2, 0.25) is 0 Å². The minimum Gasteiger partial charge on any atom is -0.496 e. The summed E-state index contributed by atoms with van der Waals surface area (Å²) in [7, 11) is -3.95. The number of rotatable bonds is 6. The predicted molar refractivity (Wildman–Crippen MR) is 130 cm³/mol. The molecule has 0 radical (unpaired) electrons. The van der Waals surface area contributed by atoms with Crippen LogP contribution in [0.5, 0.6) is 11.5 Å². The Labute approximate surface area is 208 Å². The van der Waals surface area contributed by atoms with Crippen molar-refractivity contribution >= 4 is 37.9 Å². The number of esters is 1. The van der Waals surface area contributed by atoms with Crippen LogP contribution in [0.25, 0.3) is 0 Å². The topological polar surface area (TPSA) is 247 Å². The summed E-state index contributed by atoms with van der Waals surface area (Å²) in [5.41, 5.74) is 10.9. The maximum atomic E-state index is 11.8. The van der Waals surface area contributed by atoms with Crippen LogP contribution in [0.1, 0.15) is 31.8 Å². The molecule has 0 heterocycles. The minimum atomic E-state index is -3.96. The van der Waals surface area contributed by atoms with Crippen LogP contribution in [-0.2, 0) is 24.8 Å². The zero-order valence-electron chi connectivity index (χ0n) is 20.1. The number of benzene rings is 2. The highest BCUT2D eigenvalue weighted by Gasteiger charge is 2.21. The first-order chi connectivity index (χ1) is 16.5. The maximum absolute atomic E-state index is 11.8. The summed E-state index contributed by atoms with van der Waals surface area (Å²) < 4.78 is 59.9. The smallest absolute Gasteiger partial charge is 0.341 e. The lowest BCUT2D eigenvalue weighted by molar-refractivity contribution is 0.0596. The molecule has 2 aromatic carbocycles. The Morgan fingerprint density at radius 2 is 1.14 bits per heavy atom. The third-order valence-electron chi connectivity index (χ3n) is 4.47. The van der Waals surface area contributed by atoms with Gasteiger partial charge >= 0.3 is 5.97 Å². The van der Waals surface area contributed by atoms with E-state index in [1.54, 1.807) is 6.92 Å². The van der Waals surface area contributed by atoms with Crippen LogP contribution in [0.4, 0.5) is 0 Å². The van der Waals surface area contributed by atoms with E-state index in [-0.39, 0.29) is 32.4 Å². The van der Waals surface area contributed by atoms with Gasteiger partial charge in [-0.25, -0.2) is 31.9 Å². The van der Waals surface area contributed by atoms with Crippen LogP contribution >= 0.6 is 0 Å². The number of primary sulfonamides is 2. The standard InChI is InChI=1S/C10H14N4O4S.C10H13NO5S/c1-5-3-7(18-2)6(9(15)14-10(11)12)4-8(5)19(13,16)17;1-6-4-8(15-2)7(10(12)16-3)5-9(6)17(11,13)14/h3-4H,1-2H3,(H2,13,16,17)(H4,11,12,14,15);4-5H,1-3H3,(H2,11,13,14). The molecule has 198 valence electrons. The van der Waals surface area contributed by atoms with Gasteiger partial charge in [-0.05, 0) is 49.2 Å². The molecule has 0 fully saturated rings. The van der Waals surface area contributed by atoms with Gasteiger partial charge in [0.2, 0.25) is 20.0 Å². The Hall–Kier alpha value is -3.73. The number of guanidine groups is 1. The highest BCUT2D eigenvalue weighted by molar-refractivity contribution is 7.89.